The van der Waals surface area contributed by atoms with Gasteiger partial charge >= 0.3 is 6.36 Å². The van der Waals surface area contributed by atoms with Gasteiger partial charge in [-0.1, -0.05) is 18.2 Å². The summed E-state index contributed by atoms with van der Waals surface area (Å²) in [5, 5.41) is 6.22. The van der Waals surface area contributed by atoms with Crippen LogP contribution in [0, 0.1) is 0 Å². The molecule has 1 N–H and O–H groups in total. The van der Waals surface area contributed by atoms with Crippen LogP contribution in [0.25, 0.3) is 11.4 Å². The Morgan fingerprint density at radius 2 is 1.70 bits per heavy atom. The number of hydrazine groups is 1. The fourth-order valence-electron chi connectivity index (χ4n) is 3.13. The van der Waals surface area contributed by atoms with E-state index in [9.17, 15) is 18.0 Å². The van der Waals surface area contributed by atoms with Crippen LogP contribution in [0.15, 0.2) is 77.7 Å². The molecular formula is C21H17F3N4O2. The van der Waals surface area contributed by atoms with Gasteiger partial charge in [-0.15, -0.1) is 13.2 Å². The predicted octanol–water partition coefficient (Wildman–Crippen LogP) is 3.89. The van der Waals surface area contributed by atoms with Crippen molar-refractivity contribution in [2.24, 2.45) is 0 Å². The minimum absolute atomic E-state index is 0.0196. The minimum atomic E-state index is -4.76. The minimum Gasteiger partial charge on any atom is -0.406 e. The Balaban J connectivity index is 1.68. The van der Waals surface area contributed by atoms with Crippen molar-refractivity contribution in [1.82, 2.24) is 15.2 Å². The van der Waals surface area contributed by atoms with Crippen LogP contribution >= 0.6 is 0 Å². The van der Waals surface area contributed by atoms with Gasteiger partial charge in [0.25, 0.3) is 0 Å². The Morgan fingerprint density at radius 1 is 1.00 bits per heavy atom. The van der Waals surface area contributed by atoms with E-state index in [-0.39, 0.29) is 22.9 Å². The smallest absolute Gasteiger partial charge is 0.406 e. The number of ether oxygens (including phenoxy) is 1. The summed E-state index contributed by atoms with van der Waals surface area (Å²) in [5.74, 6) is -0.334. The SMILES string of the molecule is CC1C=C(c2nn(-c3ccc(OC(F)(F)F)cc3)ccc2=O)N(c2ccccc2)N1. The highest BCUT2D eigenvalue weighted by Gasteiger charge is 2.31. The van der Waals surface area contributed by atoms with Crippen LogP contribution in [-0.4, -0.2) is 22.2 Å². The maximum Gasteiger partial charge on any atom is 0.573 e. The molecule has 0 bridgehead atoms. The van der Waals surface area contributed by atoms with Crippen molar-refractivity contribution in [3.8, 4) is 11.4 Å². The molecule has 1 aliphatic heterocycles. The summed E-state index contributed by atoms with van der Waals surface area (Å²) >= 11 is 0. The van der Waals surface area contributed by atoms with Crippen LogP contribution < -0.4 is 20.6 Å². The maximum absolute atomic E-state index is 12.6. The molecule has 1 atom stereocenters. The lowest BCUT2D eigenvalue weighted by Crippen LogP contribution is -2.36. The van der Waals surface area contributed by atoms with Crippen molar-refractivity contribution in [2.45, 2.75) is 19.3 Å². The van der Waals surface area contributed by atoms with Gasteiger partial charge < -0.3 is 4.74 Å². The van der Waals surface area contributed by atoms with Gasteiger partial charge in [0, 0.05) is 18.3 Å². The number of nitrogens with one attached hydrogen (secondary N) is 1. The third kappa shape index (κ3) is 4.20. The average Bonchev–Trinajstić information content (AvgIpc) is 3.10. The summed E-state index contributed by atoms with van der Waals surface area (Å²) in [4.78, 5) is 12.6. The van der Waals surface area contributed by atoms with Crippen molar-refractivity contribution < 1.29 is 17.9 Å². The molecule has 1 aromatic heterocycles. The van der Waals surface area contributed by atoms with Gasteiger partial charge in [0.15, 0.2) is 5.69 Å². The fraction of sp³-hybridized carbons (Fsp3) is 0.143. The molecule has 1 aliphatic rings. The first-order valence-electron chi connectivity index (χ1n) is 9.10. The Morgan fingerprint density at radius 3 is 2.37 bits per heavy atom. The van der Waals surface area contributed by atoms with E-state index in [2.05, 4.69) is 15.3 Å². The summed E-state index contributed by atoms with van der Waals surface area (Å²) < 4.78 is 42.4. The number of anilines is 1. The number of hydrogen-bond acceptors (Lipinski definition) is 5. The standard InChI is InChI=1S/C21H17F3N4O2/c1-14-13-18(28(25-14)16-5-3-2-4-6-16)20-19(29)11-12-27(26-20)15-7-9-17(10-8-15)30-21(22,23)24/h2-14,25H,1H3. The van der Waals surface area contributed by atoms with Crippen molar-refractivity contribution in [1.29, 1.82) is 0 Å². The third-order valence-corrected chi connectivity index (χ3v) is 4.38. The van der Waals surface area contributed by atoms with E-state index in [0.29, 0.717) is 11.4 Å². The second-order valence-electron chi connectivity index (χ2n) is 6.66. The number of halogens is 3. The van der Waals surface area contributed by atoms with Crippen LogP contribution in [0.2, 0.25) is 0 Å². The van der Waals surface area contributed by atoms with Gasteiger partial charge in [0.2, 0.25) is 5.43 Å². The molecule has 154 valence electrons. The third-order valence-electron chi connectivity index (χ3n) is 4.38. The highest BCUT2D eigenvalue weighted by molar-refractivity contribution is 5.79. The first-order chi connectivity index (χ1) is 14.3. The van der Waals surface area contributed by atoms with Crippen molar-refractivity contribution in [2.75, 3.05) is 5.01 Å². The van der Waals surface area contributed by atoms with Crippen LogP contribution in [0.1, 0.15) is 12.6 Å². The van der Waals surface area contributed by atoms with E-state index in [1.54, 1.807) is 5.01 Å². The number of nitrogens with zero attached hydrogens (tertiary/aromatic N) is 3. The van der Waals surface area contributed by atoms with Gasteiger partial charge in [-0.2, -0.15) is 5.10 Å². The van der Waals surface area contributed by atoms with Crippen molar-refractivity contribution in [3.63, 3.8) is 0 Å². The molecule has 0 amide bonds. The van der Waals surface area contributed by atoms with E-state index in [1.807, 2.05) is 43.3 Å². The van der Waals surface area contributed by atoms with Gasteiger partial charge in [-0.3, -0.25) is 9.80 Å². The fourth-order valence-corrected chi connectivity index (χ4v) is 3.13. The van der Waals surface area contributed by atoms with E-state index < -0.39 is 6.36 Å². The summed E-state index contributed by atoms with van der Waals surface area (Å²) in [7, 11) is 0. The van der Waals surface area contributed by atoms with Gasteiger partial charge in [0.05, 0.1) is 17.1 Å². The van der Waals surface area contributed by atoms with Gasteiger partial charge in [0.1, 0.15) is 5.75 Å². The van der Waals surface area contributed by atoms with Crippen LogP contribution in [0.5, 0.6) is 5.75 Å². The molecule has 9 heteroatoms. The van der Waals surface area contributed by atoms with Crippen LogP contribution in [0.4, 0.5) is 18.9 Å². The van der Waals surface area contributed by atoms with Gasteiger partial charge in [-0.25, -0.2) is 10.1 Å². The zero-order valence-electron chi connectivity index (χ0n) is 15.8. The maximum atomic E-state index is 12.6. The summed E-state index contributed by atoms with van der Waals surface area (Å²) in [6.45, 7) is 1.95. The first kappa shape index (κ1) is 19.7. The monoisotopic (exact) mass is 414 g/mol. The second-order valence-corrected chi connectivity index (χ2v) is 6.66. The Hall–Kier alpha value is -3.59. The van der Waals surface area contributed by atoms with E-state index in [4.69, 9.17) is 0 Å². The Labute approximate surface area is 169 Å². The highest BCUT2D eigenvalue weighted by Crippen LogP contribution is 2.27. The molecule has 0 spiro atoms. The molecule has 0 saturated heterocycles. The molecular weight excluding hydrogens is 397 g/mol. The summed E-state index contributed by atoms with van der Waals surface area (Å²) in [6.07, 6.45) is -1.41. The molecule has 3 aromatic rings. The number of aromatic nitrogens is 2. The predicted molar refractivity (Wildman–Crippen MR) is 106 cm³/mol. The molecule has 0 saturated carbocycles. The van der Waals surface area contributed by atoms with Crippen LogP contribution in [-0.2, 0) is 0 Å². The lowest BCUT2D eigenvalue weighted by molar-refractivity contribution is -0.274. The van der Waals surface area contributed by atoms with E-state index >= 15 is 0 Å². The molecule has 30 heavy (non-hydrogen) atoms. The zero-order chi connectivity index (χ0) is 21.3. The first-order valence-corrected chi connectivity index (χ1v) is 9.10. The molecule has 0 aliphatic carbocycles. The largest absolute Gasteiger partial charge is 0.573 e. The molecule has 4 rings (SSSR count). The zero-order valence-corrected chi connectivity index (χ0v) is 15.8. The second kappa shape index (κ2) is 7.68. The van der Waals surface area contributed by atoms with Crippen molar-refractivity contribution in [3.05, 3.63) is 88.9 Å². The normalized spacial score (nSPS) is 16.5. The summed E-state index contributed by atoms with van der Waals surface area (Å²) in [5.41, 5.74) is 5.14. The number of alkyl halides is 3. The molecule has 2 heterocycles. The number of para-hydroxylation sites is 1. The quantitative estimate of drug-likeness (QED) is 0.702. The number of rotatable bonds is 4. The van der Waals surface area contributed by atoms with Gasteiger partial charge in [-0.05, 0) is 49.4 Å². The number of benzene rings is 2. The van der Waals surface area contributed by atoms with E-state index in [0.717, 1.165) is 5.69 Å². The highest BCUT2D eigenvalue weighted by atomic mass is 19.4. The lowest BCUT2D eigenvalue weighted by atomic mass is 10.2. The summed E-state index contributed by atoms with van der Waals surface area (Å²) in [6, 6.07) is 16.1. The van der Waals surface area contributed by atoms with Crippen LogP contribution in [0.3, 0.4) is 0 Å². The molecule has 2 aromatic carbocycles. The number of hydrogen-bond donors (Lipinski definition) is 1. The average molecular weight is 414 g/mol. The van der Waals surface area contributed by atoms with Crippen molar-refractivity contribution >= 4 is 11.4 Å². The molecule has 6 nitrogen and oxygen atoms in total. The van der Waals surface area contributed by atoms with E-state index in [1.165, 1.54) is 41.2 Å². The Kier molecular flexibility index (Phi) is 5.04. The molecule has 1 unspecified atom stereocenters. The topological polar surface area (TPSA) is 59.4 Å². The lowest BCUT2D eigenvalue weighted by Gasteiger charge is -2.23. The molecule has 0 fully saturated rings. The Bertz CT molecular complexity index is 1130. The molecule has 0 radical (unpaired) electrons.